The van der Waals surface area contributed by atoms with E-state index in [9.17, 15) is 14.7 Å². The predicted octanol–water partition coefficient (Wildman–Crippen LogP) is 1.28. The molecule has 1 saturated heterocycles. The molecule has 1 fully saturated rings. The number of carboxylic acid groups (broad SMARTS) is 1. The molecule has 0 aliphatic carbocycles. The Balaban J connectivity index is 2.23. The van der Waals surface area contributed by atoms with Gasteiger partial charge in [-0.25, -0.2) is 4.79 Å². The lowest BCUT2D eigenvalue weighted by Crippen LogP contribution is -2.69. The van der Waals surface area contributed by atoms with Crippen LogP contribution in [0.15, 0.2) is 30.3 Å². The molecule has 5 heteroatoms. The number of carbonyl (C=O) groups is 2. The van der Waals surface area contributed by atoms with Crippen LogP contribution in [0.5, 0.6) is 0 Å². The highest BCUT2D eigenvalue weighted by Gasteiger charge is 2.53. The molecule has 18 heavy (non-hydrogen) atoms. The highest BCUT2D eigenvalue weighted by atomic mass is 16.5. The zero-order valence-corrected chi connectivity index (χ0v) is 10.2. The molecule has 1 heterocycles. The van der Waals surface area contributed by atoms with Gasteiger partial charge in [0.1, 0.15) is 0 Å². The molecule has 0 spiro atoms. The van der Waals surface area contributed by atoms with E-state index in [1.165, 1.54) is 4.90 Å². The van der Waals surface area contributed by atoms with E-state index in [4.69, 9.17) is 4.74 Å². The molecule has 2 rings (SSSR count). The van der Waals surface area contributed by atoms with E-state index in [1.54, 1.807) is 38.1 Å². The van der Waals surface area contributed by atoms with Crippen molar-refractivity contribution in [3.05, 3.63) is 30.3 Å². The molecule has 1 N–H and O–H groups in total. The first kappa shape index (κ1) is 12.6. The Labute approximate surface area is 105 Å². The van der Waals surface area contributed by atoms with Crippen molar-refractivity contribution in [1.82, 2.24) is 0 Å². The highest BCUT2D eigenvalue weighted by Crippen LogP contribution is 2.30. The summed E-state index contributed by atoms with van der Waals surface area (Å²) in [7, 11) is 0. The predicted molar refractivity (Wildman–Crippen MR) is 65.4 cm³/mol. The molecule has 1 aliphatic rings. The number of amides is 1. The number of nitrogens with zero attached hydrogens (tertiary/aromatic N) is 1. The van der Waals surface area contributed by atoms with Crippen LogP contribution in [-0.4, -0.2) is 35.2 Å². The molecule has 96 valence electrons. The lowest BCUT2D eigenvalue weighted by molar-refractivity contribution is -0.160. The normalized spacial score (nSPS) is 23.1. The first-order valence-electron chi connectivity index (χ1n) is 5.78. The van der Waals surface area contributed by atoms with Gasteiger partial charge in [0.2, 0.25) is 0 Å². The Morgan fingerprint density at radius 1 is 1.33 bits per heavy atom. The van der Waals surface area contributed by atoms with Crippen molar-refractivity contribution in [1.29, 1.82) is 0 Å². The minimum Gasteiger partial charge on any atom is -0.480 e. The molecular weight excluding hydrogens is 234 g/mol. The smallest absolute Gasteiger partial charge is 0.330 e. The first-order valence-corrected chi connectivity index (χ1v) is 5.78. The minimum absolute atomic E-state index is 0.182. The Morgan fingerprint density at radius 2 is 1.94 bits per heavy atom. The van der Waals surface area contributed by atoms with Gasteiger partial charge in [0.05, 0.1) is 6.10 Å². The summed E-state index contributed by atoms with van der Waals surface area (Å²) in [6.45, 7) is 3.55. The zero-order valence-electron chi connectivity index (χ0n) is 10.2. The quantitative estimate of drug-likeness (QED) is 0.816. The first-order chi connectivity index (χ1) is 8.52. The maximum Gasteiger partial charge on any atom is 0.330 e. The van der Waals surface area contributed by atoms with Gasteiger partial charge in [0, 0.05) is 5.69 Å². The molecule has 1 aromatic rings. The van der Waals surface area contributed by atoms with Gasteiger partial charge in [-0.3, -0.25) is 9.69 Å². The van der Waals surface area contributed by atoms with Crippen molar-refractivity contribution >= 4 is 17.6 Å². The average Bonchev–Trinajstić information content (AvgIpc) is 2.33. The number of benzene rings is 1. The molecule has 0 unspecified atom stereocenters. The summed E-state index contributed by atoms with van der Waals surface area (Å²) in [4.78, 5) is 24.4. The zero-order chi connectivity index (χ0) is 13.3. The van der Waals surface area contributed by atoms with Gasteiger partial charge in [-0.1, -0.05) is 18.2 Å². The van der Waals surface area contributed by atoms with E-state index in [0.29, 0.717) is 5.69 Å². The molecule has 1 aliphatic heterocycles. The van der Waals surface area contributed by atoms with E-state index >= 15 is 0 Å². The monoisotopic (exact) mass is 249 g/mol. The second kappa shape index (κ2) is 4.78. The average molecular weight is 249 g/mol. The topological polar surface area (TPSA) is 66.8 Å². The largest absolute Gasteiger partial charge is 0.480 e. The van der Waals surface area contributed by atoms with Crippen LogP contribution in [0.2, 0.25) is 0 Å². The lowest BCUT2D eigenvalue weighted by Gasteiger charge is -2.44. The highest BCUT2D eigenvalue weighted by molar-refractivity contribution is 6.12. The summed E-state index contributed by atoms with van der Waals surface area (Å²) >= 11 is 0. The minimum atomic E-state index is -1.05. The van der Waals surface area contributed by atoms with E-state index in [2.05, 4.69) is 0 Å². The van der Waals surface area contributed by atoms with Gasteiger partial charge in [0.25, 0.3) is 5.91 Å². The van der Waals surface area contributed by atoms with Crippen LogP contribution in [0.3, 0.4) is 0 Å². The Bertz CT molecular complexity index is 457. The second-order valence-corrected chi connectivity index (χ2v) is 4.43. The van der Waals surface area contributed by atoms with E-state index < -0.39 is 18.1 Å². The van der Waals surface area contributed by atoms with Crippen LogP contribution in [0.25, 0.3) is 0 Å². The van der Waals surface area contributed by atoms with Crippen molar-refractivity contribution in [2.24, 2.45) is 0 Å². The van der Waals surface area contributed by atoms with Crippen molar-refractivity contribution in [2.45, 2.75) is 32.1 Å². The molecular formula is C13H15NO4. The summed E-state index contributed by atoms with van der Waals surface area (Å²) in [6.07, 6.45) is -1.07. The summed E-state index contributed by atoms with van der Waals surface area (Å²) in [6, 6.07) is 7.81. The number of ether oxygens (including phenoxy) is 1. The second-order valence-electron chi connectivity index (χ2n) is 4.43. The van der Waals surface area contributed by atoms with Gasteiger partial charge in [-0.15, -0.1) is 0 Å². The third-order valence-electron chi connectivity index (χ3n) is 2.75. The van der Waals surface area contributed by atoms with Crippen LogP contribution in [0.4, 0.5) is 5.69 Å². The molecule has 0 radical (unpaired) electrons. The van der Waals surface area contributed by atoms with Crippen LogP contribution >= 0.6 is 0 Å². The Hall–Kier alpha value is -1.88. The molecule has 5 nitrogen and oxygen atoms in total. The number of aliphatic carboxylic acids is 1. The van der Waals surface area contributed by atoms with Crippen LogP contribution < -0.4 is 4.90 Å². The molecule has 1 aromatic carbocycles. The third kappa shape index (κ3) is 2.09. The van der Waals surface area contributed by atoms with Crippen molar-refractivity contribution in [3.63, 3.8) is 0 Å². The van der Waals surface area contributed by atoms with Crippen LogP contribution in [0, 0.1) is 0 Å². The molecule has 2 atom stereocenters. The van der Waals surface area contributed by atoms with Crippen molar-refractivity contribution < 1.29 is 19.4 Å². The van der Waals surface area contributed by atoms with Crippen molar-refractivity contribution in [3.8, 4) is 0 Å². The Morgan fingerprint density at radius 3 is 2.44 bits per heavy atom. The fourth-order valence-corrected chi connectivity index (χ4v) is 2.00. The van der Waals surface area contributed by atoms with E-state index in [1.807, 2.05) is 6.07 Å². The maximum atomic E-state index is 12.0. The van der Waals surface area contributed by atoms with E-state index in [-0.39, 0.29) is 12.0 Å². The van der Waals surface area contributed by atoms with Gasteiger partial charge < -0.3 is 9.84 Å². The standard InChI is InChI=1S/C13H15NO4/c1-8(2)18-11-10(13(16)17)14(12(11)15)9-6-4-3-5-7-9/h3-8,10-11H,1-2H3,(H,16,17)/t10-,11-/m1/s1. The van der Waals surface area contributed by atoms with Gasteiger partial charge >= 0.3 is 5.97 Å². The van der Waals surface area contributed by atoms with Crippen LogP contribution in [-0.2, 0) is 14.3 Å². The third-order valence-corrected chi connectivity index (χ3v) is 2.75. The number of hydrogen-bond donors (Lipinski definition) is 1. The number of rotatable bonds is 4. The molecule has 1 amide bonds. The fraction of sp³-hybridized carbons (Fsp3) is 0.385. The SMILES string of the molecule is CC(C)O[C@H]1C(=O)N(c2ccccc2)[C@H]1C(=O)O. The number of para-hydroxylation sites is 1. The van der Waals surface area contributed by atoms with Crippen molar-refractivity contribution in [2.75, 3.05) is 4.90 Å². The number of carboxylic acids is 1. The summed E-state index contributed by atoms with van der Waals surface area (Å²) in [5, 5.41) is 9.19. The fourth-order valence-electron chi connectivity index (χ4n) is 2.00. The molecule has 0 bridgehead atoms. The summed E-state index contributed by atoms with van der Waals surface area (Å²) in [5.41, 5.74) is 0.582. The number of carbonyl (C=O) groups excluding carboxylic acids is 1. The number of hydrogen-bond acceptors (Lipinski definition) is 3. The number of β-lactam (4-membered cyclic amide) rings is 1. The van der Waals surface area contributed by atoms with Gasteiger partial charge in [-0.2, -0.15) is 0 Å². The van der Waals surface area contributed by atoms with Gasteiger partial charge in [-0.05, 0) is 26.0 Å². The van der Waals surface area contributed by atoms with E-state index in [0.717, 1.165) is 0 Å². The molecule has 0 aromatic heterocycles. The maximum absolute atomic E-state index is 12.0. The lowest BCUT2D eigenvalue weighted by atomic mass is 9.96. The van der Waals surface area contributed by atoms with Gasteiger partial charge in [0.15, 0.2) is 12.1 Å². The van der Waals surface area contributed by atoms with Crippen LogP contribution in [0.1, 0.15) is 13.8 Å². The Kier molecular flexibility index (Phi) is 3.34. The molecule has 0 saturated carbocycles. The summed E-state index contributed by atoms with van der Waals surface area (Å²) < 4.78 is 5.35. The number of anilines is 1. The summed E-state index contributed by atoms with van der Waals surface area (Å²) in [5.74, 6) is -1.36.